The quantitative estimate of drug-likeness (QED) is 0.327. The van der Waals surface area contributed by atoms with Gasteiger partial charge >= 0.3 is 5.97 Å². The lowest BCUT2D eigenvalue weighted by molar-refractivity contribution is -0.384. The average Bonchev–Trinajstić information content (AvgIpc) is 2.66. The zero-order valence-electron chi connectivity index (χ0n) is 14.4. The summed E-state index contributed by atoms with van der Waals surface area (Å²) >= 11 is 3.16. The summed E-state index contributed by atoms with van der Waals surface area (Å²) in [5, 5.41) is 13.0. The Morgan fingerprint density at radius 3 is 2.45 bits per heavy atom. The molecular formula is C16H13BrFN3O7S. The van der Waals surface area contributed by atoms with E-state index >= 15 is 0 Å². The number of amides is 1. The van der Waals surface area contributed by atoms with Crippen molar-refractivity contribution in [3.63, 3.8) is 0 Å². The average molecular weight is 490 g/mol. The molecule has 2 aromatic carbocycles. The molecule has 0 bridgehead atoms. The summed E-state index contributed by atoms with van der Waals surface area (Å²) in [6.45, 7) is -1.56. The molecule has 29 heavy (non-hydrogen) atoms. The van der Waals surface area contributed by atoms with E-state index in [1.54, 1.807) is 0 Å². The van der Waals surface area contributed by atoms with Gasteiger partial charge in [0.1, 0.15) is 18.0 Å². The molecule has 2 rings (SSSR count). The van der Waals surface area contributed by atoms with E-state index in [1.807, 2.05) is 4.72 Å². The summed E-state index contributed by atoms with van der Waals surface area (Å²) in [5.74, 6) is -2.84. The molecule has 0 aliphatic heterocycles. The van der Waals surface area contributed by atoms with Crippen LogP contribution < -0.4 is 10.0 Å². The molecule has 0 spiro atoms. The van der Waals surface area contributed by atoms with Gasteiger partial charge in [0.15, 0.2) is 6.61 Å². The molecule has 0 heterocycles. The van der Waals surface area contributed by atoms with Gasteiger partial charge in [-0.1, -0.05) is 15.9 Å². The van der Waals surface area contributed by atoms with Crippen LogP contribution in [0.2, 0.25) is 0 Å². The third-order valence-electron chi connectivity index (χ3n) is 3.33. The number of hydrogen-bond acceptors (Lipinski definition) is 7. The van der Waals surface area contributed by atoms with Crippen molar-refractivity contribution in [2.24, 2.45) is 0 Å². The summed E-state index contributed by atoms with van der Waals surface area (Å²) < 4.78 is 44.5. The molecule has 10 nitrogen and oxygen atoms in total. The molecule has 0 aliphatic rings. The molecule has 13 heteroatoms. The third kappa shape index (κ3) is 6.58. The van der Waals surface area contributed by atoms with Gasteiger partial charge in [-0.3, -0.25) is 19.7 Å². The van der Waals surface area contributed by atoms with E-state index in [0.717, 1.165) is 12.1 Å². The summed E-state index contributed by atoms with van der Waals surface area (Å²) in [7, 11) is -3.96. The van der Waals surface area contributed by atoms with Crippen LogP contribution >= 0.6 is 15.9 Å². The van der Waals surface area contributed by atoms with Crippen LogP contribution in [0.25, 0.3) is 0 Å². The van der Waals surface area contributed by atoms with E-state index in [4.69, 9.17) is 0 Å². The van der Waals surface area contributed by atoms with Gasteiger partial charge in [-0.15, -0.1) is 0 Å². The number of ether oxygens (including phenoxy) is 1. The topological polar surface area (TPSA) is 145 Å². The molecule has 0 radical (unpaired) electrons. The highest BCUT2D eigenvalue weighted by Crippen LogP contribution is 2.24. The maximum atomic E-state index is 13.1. The highest BCUT2D eigenvalue weighted by Gasteiger charge is 2.19. The normalized spacial score (nSPS) is 11.0. The zero-order valence-corrected chi connectivity index (χ0v) is 16.8. The lowest BCUT2D eigenvalue weighted by Crippen LogP contribution is -2.32. The summed E-state index contributed by atoms with van der Waals surface area (Å²) in [4.78, 5) is 33.4. The molecule has 0 saturated carbocycles. The van der Waals surface area contributed by atoms with Crippen molar-refractivity contribution in [2.45, 2.75) is 4.90 Å². The van der Waals surface area contributed by atoms with E-state index in [0.29, 0.717) is 10.5 Å². The Hall–Kier alpha value is -2.90. The number of nitro benzene ring substituents is 1. The Morgan fingerprint density at radius 2 is 1.83 bits per heavy atom. The zero-order chi connectivity index (χ0) is 21.6. The molecule has 2 N–H and O–H groups in total. The van der Waals surface area contributed by atoms with Gasteiger partial charge in [0.2, 0.25) is 10.0 Å². The lowest BCUT2D eigenvalue weighted by atomic mass is 10.2. The summed E-state index contributed by atoms with van der Waals surface area (Å²) in [5.41, 5.74) is -0.958. The number of nitrogens with zero attached hydrogens (tertiary/aromatic N) is 1. The number of esters is 1. The minimum Gasteiger partial charge on any atom is -0.455 e. The molecule has 0 aliphatic carbocycles. The van der Waals surface area contributed by atoms with Crippen molar-refractivity contribution in [3.8, 4) is 0 Å². The van der Waals surface area contributed by atoms with Gasteiger partial charge in [0, 0.05) is 4.47 Å². The first-order valence-electron chi connectivity index (χ1n) is 7.73. The molecule has 0 aromatic heterocycles. The number of halogens is 2. The van der Waals surface area contributed by atoms with Crippen molar-refractivity contribution < 1.29 is 32.1 Å². The minimum absolute atomic E-state index is 0.0742. The number of sulfonamides is 1. The first-order valence-corrected chi connectivity index (χ1v) is 10.0. The molecule has 0 fully saturated rings. The highest BCUT2D eigenvalue weighted by atomic mass is 79.9. The number of carbonyl (C=O) groups excluding carboxylic acids is 2. The second-order valence-electron chi connectivity index (χ2n) is 5.41. The van der Waals surface area contributed by atoms with E-state index < -0.39 is 51.5 Å². The van der Waals surface area contributed by atoms with Gasteiger partial charge in [0.05, 0.1) is 15.9 Å². The number of hydrogen-bond donors (Lipinski definition) is 2. The minimum atomic E-state index is -3.96. The Kier molecular flexibility index (Phi) is 7.36. The van der Waals surface area contributed by atoms with Crippen LogP contribution in [0.1, 0.15) is 0 Å². The molecule has 1 amide bonds. The second kappa shape index (κ2) is 9.54. The number of benzene rings is 2. The smallest absolute Gasteiger partial charge is 0.321 e. The van der Waals surface area contributed by atoms with Crippen molar-refractivity contribution >= 4 is 49.2 Å². The molecule has 0 atom stereocenters. The van der Waals surface area contributed by atoms with Crippen LogP contribution in [0.5, 0.6) is 0 Å². The molecule has 0 unspecified atom stereocenters. The van der Waals surface area contributed by atoms with Gasteiger partial charge in [0.25, 0.3) is 11.6 Å². The van der Waals surface area contributed by atoms with Crippen LogP contribution in [-0.4, -0.2) is 38.4 Å². The van der Waals surface area contributed by atoms with Crippen molar-refractivity contribution in [1.82, 2.24) is 4.72 Å². The summed E-state index contributed by atoms with van der Waals surface area (Å²) in [6, 6.07) is 8.17. The Labute approximate surface area is 172 Å². The van der Waals surface area contributed by atoms with Gasteiger partial charge in [-0.05, 0) is 36.4 Å². The Bertz CT molecular complexity index is 1040. The third-order valence-corrected chi connectivity index (χ3v) is 5.27. The van der Waals surface area contributed by atoms with Crippen molar-refractivity contribution in [2.75, 3.05) is 18.5 Å². The number of carbonyl (C=O) groups is 2. The van der Waals surface area contributed by atoms with E-state index in [2.05, 4.69) is 26.0 Å². The maximum Gasteiger partial charge on any atom is 0.321 e. The van der Waals surface area contributed by atoms with Crippen LogP contribution in [-0.2, 0) is 24.3 Å². The summed E-state index contributed by atoms with van der Waals surface area (Å²) in [6.07, 6.45) is 0. The number of anilines is 1. The fourth-order valence-electron chi connectivity index (χ4n) is 2.00. The first-order chi connectivity index (χ1) is 13.6. The number of rotatable bonds is 8. The van der Waals surface area contributed by atoms with Crippen molar-refractivity contribution in [1.29, 1.82) is 0 Å². The van der Waals surface area contributed by atoms with Gasteiger partial charge in [-0.2, -0.15) is 4.72 Å². The fraction of sp³-hybridized carbons (Fsp3) is 0.125. The van der Waals surface area contributed by atoms with Crippen molar-refractivity contribution in [3.05, 3.63) is 62.9 Å². The highest BCUT2D eigenvalue weighted by molar-refractivity contribution is 9.10. The van der Waals surface area contributed by atoms with Gasteiger partial charge in [-0.25, -0.2) is 12.8 Å². The van der Waals surface area contributed by atoms with Crippen LogP contribution in [0, 0.1) is 15.9 Å². The van der Waals surface area contributed by atoms with Crippen LogP contribution in [0.3, 0.4) is 0 Å². The maximum absolute atomic E-state index is 13.1. The fourth-order valence-corrected chi connectivity index (χ4v) is 3.23. The predicted octanol–water partition coefficient (Wildman–Crippen LogP) is 1.96. The van der Waals surface area contributed by atoms with Gasteiger partial charge < -0.3 is 10.1 Å². The molecule has 2 aromatic rings. The Balaban J connectivity index is 1.87. The Morgan fingerprint density at radius 1 is 1.17 bits per heavy atom. The molecule has 154 valence electrons. The van der Waals surface area contributed by atoms with Crippen LogP contribution in [0.15, 0.2) is 51.8 Å². The second-order valence-corrected chi connectivity index (χ2v) is 8.09. The SMILES string of the molecule is O=C(COC(=O)CNS(=O)(=O)c1ccc(Br)cc1)Nc1ccc(F)cc1[N+](=O)[O-]. The number of nitro groups is 1. The van der Waals surface area contributed by atoms with E-state index in [1.165, 1.54) is 24.3 Å². The largest absolute Gasteiger partial charge is 0.455 e. The van der Waals surface area contributed by atoms with Crippen LogP contribution in [0.4, 0.5) is 15.8 Å². The van der Waals surface area contributed by atoms with E-state index in [9.17, 15) is 32.5 Å². The lowest BCUT2D eigenvalue weighted by Gasteiger charge is -2.08. The van der Waals surface area contributed by atoms with E-state index in [-0.39, 0.29) is 10.6 Å². The predicted molar refractivity (Wildman–Crippen MR) is 102 cm³/mol. The standard InChI is InChI=1S/C16H13BrFN3O7S/c17-10-1-4-12(5-2-10)29(26,27)19-8-16(23)28-9-15(22)20-13-6-3-11(18)7-14(13)21(24)25/h1-7,19H,8-9H2,(H,20,22). The molecule has 0 saturated heterocycles. The monoisotopic (exact) mass is 489 g/mol. The first kappa shape index (κ1) is 22.4. The molecular weight excluding hydrogens is 477 g/mol. The number of nitrogens with one attached hydrogen (secondary N) is 2.